The molecule has 0 aliphatic heterocycles. The van der Waals surface area contributed by atoms with E-state index >= 15 is 0 Å². The summed E-state index contributed by atoms with van der Waals surface area (Å²) in [6.07, 6.45) is 11.4. The van der Waals surface area contributed by atoms with Crippen LogP contribution in [0.3, 0.4) is 0 Å². The zero-order chi connectivity index (χ0) is 15.4. The zero-order valence-corrected chi connectivity index (χ0v) is 12.8. The van der Waals surface area contributed by atoms with Crippen molar-refractivity contribution in [1.29, 1.82) is 0 Å². The molecule has 1 aliphatic rings. The van der Waals surface area contributed by atoms with Crippen molar-refractivity contribution in [3.8, 4) is 0 Å². The van der Waals surface area contributed by atoms with E-state index in [2.05, 4.69) is 19.9 Å². The summed E-state index contributed by atoms with van der Waals surface area (Å²) in [5, 5.41) is 3.05. The monoisotopic (exact) mass is 299 g/mol. The third-order valence-corrected chi connectivity index (χ3v) is 4.14. The third kappa shape index (κ3) is 3.63. The quantitative estimate of drug-likeness (QED) is 0.886. The molecule has 6 heteroatoms. The summed E-state index contributed by atoms with van der Waals surface area (Å²) in [7, 11) is 1.80. The molecule has 22 heavy (non-hydrogen) atoms. The maximum atomic E-state index is 12.2. The SMILES string of the molecule is CN(Cc1cccnc1)C(=O)NCC1(Cn2ccnc2)CC1. The van der Waals surface area contributed by atoms with Crippen LogP contribution in [0.25, 0.3) is 0 Å². The van der Waals surface area contributed by atoms with Gasteiger partial charge in [0.1, 0.15) is 0 Å². The largest absolute Gasteiger partial charge is 0.337 e. The molecule has 116 valence electrons. The molecule has 0 unspecified atom stereocenters. The van der Waals surface area contributed by atoms with Crippen molar-refractivity contribution >= 4 is 6.03 Å². The van der Waals surface area contributed by atoms with Gasteiger partial charge >= 0.3 is 6.03 Å². The standard InChI is InChI=1S/C16H21N5O/c1-20(10-14-3-2-6-17-9-14)15(22)19-11-16(4-5-16)12-21-8-7-18-13-21/h2-3,6-9,13H,4-5,10-12H2,1H3,(H,19,22). The third-order valence-electron chi connectivity index (χ3n) is 4.14. The molecule has 3 rings (SSSR count). The van der Waals surface area contributed by atoms with Gasteiger partial charge in [-0.2, -0.15) is 0 Å². The molecule has 0 aromatic carbocycles. The number of rotatable bonds is 6. The average molecular weight is 299 g/mol. The van der Waals surface area contributed by atoms with Gasteiger partial charge in [-0.1, -0.05) is 6.07 Å². The summed E-state index contributed by atoms with van der Waals surface area (Å²) < 4.78 is 2.08. The van der Waals surface area contributed by atoms with Gasteiger partial charge in [-0.3, -0.25) is 4.98 Å². The Bertz CT molecular complexity index is 607. The van der Waals surface area contributed by atoms with Crippen LogP contribution in [0, 0.1) is 5.41 Å². The van der Waals surface area contributed by atoms with Crippen LogP contribution < -0.4 is 5.32 Å². The molecule has 0 atom stereocenters. The average Bonchev–Trinajstić information content (AvgIpc) is 3.10. The van der Waals surface area contributed by atoms with E-state index in [1.165, 1.54) is 0 Å². The molecule has 0 saturated heterocycles. The van der Waals surface area contributed by atoms with E-state index in [1.807, 2.05) is 24.7 Å². The fourth-order valence-electron chi connectivity index (χ4n) is 2.57. The van der Waals surface area contributed by atoms with Crippen LogP contribution >= 0.6 is 0 Å². The lowest BCUT2D eigenvalue weighted by molar-refractivity contribution is 0.203. The highest BCUT2D eigenvalue weighted by Crippen LogP contribution is 2.46. The van der Waals surface area contributed by atoms with E-state index in [9.17, 15) is 4.79 Å². The molecule has 6 nitrogen and oxygen atoms in total. The summed E-state index contributed by atoms with van der Waals surface area (Å²) in [5.74, 6) is 0. The highest BCUT2D eigenvalue weighted by molar-refractivity contribution is 5.73. The van der Waals surface area contributed by atoms with Crippen LogP contribution in [0.15, 0.2) is 43.2 Å². The normalized spacial score (nSPS) is 15.3. The number of carbonyl (C=O) groups excluding carboxylic acids is 1. The smallest absolute Gasteiger partial charge is 0.317 e. The zero-order valence-electron chi connectivity index (χ0n) is 12.8. The number of nitrogens with one attached hydrogen (secondary N) is 1. The second-order valence-electron chi connectivity index (χ2n) is 6.11. The molecule has 2 heterocycles. The Labute approximate surface area is 130 Å². The molecule has 0 spiro atoms. The molecule has 1 saturated carbocycles. The van der Waals surface area contributed by atoms with E-state index in [0.29, 0.717) is 13.1 Å². The number of urea groups is 1. The molecule has 0 radical (unpaired) electrons. The second-order valence-corrected chi connectivity index (χ2v) is 6.11. The number of hydrogen-bond donors (Lipinski definition) is 1. The Kier molecular flexibility index (Phi) is 4.09. The van der Waals surface area contributed by atoms with E-state index in [4.69, 9.17) is 0 Å². The van der Waals surface area contributed by atoms with Gasteiger partial charge in [-0.15, -0.1) is 0 Å². The van der Waals surface area contributed by atoms with Crippen LogP contribution in [0.4, 0.5) is 4.79 Å². The number of carbonyl (C=O) groups is 1. The van der Waals surface area contributed by atoms with Gasteiger partial charge in [0.25, 0.3) is 0 Å². The maximum absolute atomic E-state index is 12.2. The lowest BCUT2D eigenvalue weighted by atomic mass is 10.1. The van der Waals surface area contributed by atoms with E-state index in [-0.39, 0.29) is 11.4 Å². The van der Waals surface area contributed by atoms with E-state index < -0.39 is 0 Å². The Hall–Kier alpha value is -2.37. The van der Waals surface area contributed by atoms with Crippen molar-refractivity contribution in [2.75, 3.05) is 13.6 Å². The minimum absolute atomic E-state index is 0.0410. The van der Waals surface area contributed by atoms with Gasteiger partial charge in [-0.05, 0) is 24.5 Å². The van der Waals surface area contributed by atoms with Gasteiger partial charge < -0.3 is 14.8 Å². The minimum atomic E-state index is -0.0410. The Balaban J connectivity index is 1.47. The van der Waals surface area contributed by atoms with Crippen LogP contribution in [-0.2, 0) is 13.1 Å². The topological polar surface area (TPSA) is 63.1 Å². The molecular formula is C16H21N5O. The first-order valence-electron chi connectivity index (χ1n) is 7.51. The van der Waals surface area contributed by atoms with Crippen LogP contribution in [0.5, 0.6) is 0 Å². The number of amides is 2. The fraction of sp³-hybridized carbons (Fsp3) is 0.438. The van der Waals surface area contributed by atoms with Crippen LogP contribution in [0.2, 0.25) is 0 Å². The predicted molar refractivity (Wildman–Crippen MR) is 83.0 cm³/mol. The number of nitrogens with zero attached hydrogens (tertiary/aromatic N) is 4. The van der Waals surface area contributed by atoms with Crippen molar-refractivity contribution < 1.29 is 4.79 Å². The molecular weight excluding hydrogens is 278 g/mol. The Morgan fingerprint density at radius 2 is 2.27 bits per heavy atom. The van der Waals surface area contributed by atoms with Crippen molar-refractivity contribution in [2.24, 2.45) is 5.41 Å². The van der Waals surface area contributed by atoms with Crippen LogP contribution in [0.1, 0.15) is 18.4 Å². The lowest BCUT2D eigenvalue weighted by Crippen LogP contribution is -2.40. The summed E-state index contributed by atoms with van der Waals surface area (Å²) in [6, 6.07) is 3.81. The van der Waals surface area contributed by atoms with E-state index in [0.717, 1.165) is 24.9 Å². The summed E-state index contributed by atoms with van der Waals surface area (Å²) in [6.45, 7) is 2.19. The second kappa shape index (κ2) is 6.17. The van der Waals surface area contributed by atoms with Gasteiger partial charge in [0, 0.05) is 56.9 Å². The van der Waals surface area contributed by atoms with Crippen molar-refractivity contribution in [2.45, 2.75) is 25.9 Å². The molecule has 2 aromatic rings. The molecule has 1 aliphatic carbocycles. The number of imidazole rings is 1. The first kappa shape index (κ1) is 14.6. The molecule has 2 aromatic heterocycles. The summed E-state index contributed by atoms with van der Waals surface area (Å²) in [5.41, 5.74) is 1.23. The van der Waals surface area contributed by atoms with Gasteiger partial charge in [0.15, 0.2) is 0 Å². The Morgan fingerprint density at radius 1 is 1.41 bits per heavy atom. The van der Waals surface area contributed by atoms with Crippen LogP contribution in [-0.4, -0.2) is 39.1 Å². The van der Waals surface area contributed by atoms with Gasteiger partial charge in [0.05, 0.1) is 6.33 Å². The minimum Gasteiger partial charge on any atom is -0.337 e. The predicted octanol–water partition coefficient (Wildman–Crippen LogP) is 1.90. The number of aromatic nitrogens is 3. The number of pyridine rings is 1. The first-order valence-corrected chi connectivity index (χ1v) is 7.51. The van der Waals surface area contributed by atoms with Crippen molar-refractivity contribution in [3.05, 3.63) is 48.8 Å². The van der Waals surface area contributed by atoms with Gasteiger partial charge in [0.2, 0.25) is 0 Å². The lowest BCUT2D eigenvalue weighted by Gasteiger charge is -2.21. The van der Waals surface area contributed by atoms with Crippen molar-refractivity contribution in [1.82, 2.24) is 24.8 Å². The highest BCUT2D eigenvalue weighted by atomic mass is 16.2. The molecule has 1 N–H and O–H groups in total. The van der Waals surface area contributed by atoms with Gasteiger partial charge in [-0.25, -0.2) is 9.78 Å². The summed E-state index contributed by atoms with van der Waals surface area (Å²) >= 11 is 0. The first-order chi connectivity index (χ1) is 10.7. The Morgan fingerprint density at radius 3 is 2.91 bits per heavy atom. The highest BCUT2D eigenvalue weighted by Gasteiger charge is 2.43. The maximum Gasteiger partial charge on any atom is 0.317 e. The molecule has 1 fully saturated rings. The molecule has 0 bridgehead atoms. The number of hydrogen-bond acceptors (Lipinski definition) is 3. The fourth-order valence-corrected chi connectivity index (χ4v) is 2.57. The van der Waals surface area contributed by atoms with Crippen molar-refractivity contribution in [3.63, 3.8) is 0 Å². The molecule has 2 amide bonds. The summed E-state index contributed by atoms with van der Waals surface area (Å²) in [4.78, 5) is 22.0. The van der Waals surface area contributed by atoms with E-state index in [1.54, 1.807) is 30.5 Å².